The van der Waals surface area contributed by atoms with Gasteiger partial charge in [-0.15, -0.1) is 0 Å². The van der Waals surface area contributed by atoms with Crippen LogP contribution in [0.25, 0.3) is 0 Å². The van der Waals surface area contributed by atoms with E-state index in [1.807, 2.05) is 0 Å². The second-order valence-corrected chi connectivity index (χ2v) is 6.09. The number of aliphatic hydroxyl groups is 4. The molecule has 0 unspecified atom stereocenters. The molecule has 0 bridgehead atoms. The van der Waals surface area contributed by atoms with Crippen molar-refractivity contribution < 1.29 is 39.8 Å². The summed E-state index contributed by atoms with van der Waals surface area (Å²) in [6, 6.07) is -0.906. The van der Waals surface area contributed by atoms with E-state index in [9.17, 15) is 20.1 Å². The lowest BCUT2D eigenvalue weighted by Crippen LogP contribution is -2.59. The number of hydrogen-bond donors (Lipinski definition) is 6. The van der Waals surface area contributed by atoms with Crippen LogP contribution < -0.4 is 5.73 Å². The first kappa shape index (κ1) is 19.6. The fourth-order valence-corrected chi connectivity index (χ4v) is 2.73. The predicted octanol–water partition coefficient (Wildman–Crippen LogP) is -2.66. The summed E-state index contributed by atoms with van der Waals surface area (Å²) >= 11 is 1.36. The Hall–Kier alpha value is -0.460. The quantitative estimate of drug-likeness (QED) is 0.244. The summed E-state index contributed by atoms with van der Waals surface area (Å²) in [6.07, 6.45) is -5.85. The fraction of sp³-hybridized carbons (Fsp3) is 0.917. The van der Waals surface area contributed by atoms with Crippen LogP contribution >= 0.6 is 11.8 Å². The molecule has 0 aliphatic carbocycles. The van der Waals surface area contributed by atoms with Crippen molar-refractivity contribution in [2.75, 3.05) is 24.7 Å². The van der Waals surface area contributed by atoms with Gasteiger partial charge in [0.25, 0.3) is 0 Å². The molecule has 1 heterocycles. The van der Waals surface area contributed by atoms with Gasteiger partial charge in [0.15, 0.2) is 6.29 Å². The number of hydrogen-bond acceptors (Lipinski definition) is 9. The monoisotopic (exact) mass is 341 g/mol. The third-order valence-corrected chi connectivity index (χ3v) is 4.35. The first-order valence-electron chi connectivity index (χ1n) is 6.86. The van der Waals surface area contributed by atoms with Gasteiger partial charge >= 0.3 is 5.97 Å². The molecule has 0 aromatic heterocycles. The summed E-state index contributed by atoms with van der Waals surface area (Å²) in [6.45, 7) is -0.300. The van der Waals surface area contributed by atoms with Crippen LogP contribution in [0.15, 0.2) is 0 Å². The van der Waals surface area contributed by atoms with Crippen molar-refractivity contribution in [2.45, 2.75) is 43.2 Å². The zero-order chi connectivity index (χ0) is 16.7. The van der Waals surface area contributed by atoms with E-state index in [4.69, 9.17) is 25.4 Å². The van der Waals surface area contributed by atoms with E-state index >= 15 is 0 Å². The fourth-order valence-electron chi connectivity index (χ4n) is 1.85. The first-order valence-corrected chi connectivity index (χ1v) is 8.02. The lowest BCUT2D eigenvalue weighted by Gasteiger charge is -2.39. The molecule has 7 N–H and O–H groups in total. The van der Waals surface area contributed by atoms with Gasteiger partial charge in [0.05, 0.1) is 13.2 Å². The van der Waals surface area contributed by atoms with Gasteiger partial charge in [-0.3, -0.25) is 4.79 Å². The second kappa shape index (κ2) is 9.63. The largest absolute Gasteiger partial charge is 0.480 e. The molecule has 0 spiro atoms. The van der Waals surface area contributed by atoms with Crippen molar-refractivity contribution >= 4 is 17.7 Å². The van der Waals surface area contributed by atoms with Crippen LogP contribution in [0.2, 0.25) is 0 Å². The maximum absolute atomic E-state index is 10.5. The van der Waals surface area contributed by atoms with E-state index in [1.54, 1.807) is 0 Å². The molecule has 0 aromatic carbocycles. The summed E-state index contributed by atoms with van der Waals surface area (Å²) in [5.74, 6) is -0.154. The van der Waals surface area contributed by atoms with Crippen molar-refractivity contribution in [3.63, 3.8) is 0 Å². The van der Waals surface area contributed by atoms with E-state index < -0.39 is 49.3 Å². The highest BCUT2D eigenvalue weighted by molar-refractivity contribution is 7.99. The predicted molar refractivity (Wildman–Crippen MR) is 77.3 cm³/mol. The summed E-state index contributed by atoms with van der Waals surface area (Å²) in [7, 11) is 0. The Balaban J connectivity index is 2.22. The molecule has 10 heteroatoms. The van der Waals surface area contributed by atoms with E-state index in [0.717, 1.165) is 0 Å². The van der Waals surface area contributed by atoms with Gasteiger partial charge in [-0.25, -0.2) is 0 Å². The number of rotatable bonds is 9. The molecule has 1 rings (SSSR count). The summed E-state index contributed by atoms with van der Waals surface area (Å²) in [5, 5.41) is 46.5. The minimum atomic E-state index is -1.46. The van der Waals surface area contributed by atoms with Crippen LogP contribution in [-0.4, -0.2) is 93.0 Å². The highest BCUT2D eigenvalue weighted by atomic mass is 32.2. The minimum absolute atomic E-state index is 0.206. The molecule has 0 radical (unpaired) electrons. The van der Waals surface area contributed by atoms with Crippen molar-refractivity contribution in [2.24, 2.45) is 5.73 Å². The van der Waals surface area contributed by atoms with Gasteiger partial charge < -0.3 is 40.7 Å². The van der Waals surface area contributed by atoms with Crippen molar-refractivity contribution in [1.29, 1.82) is 0 Å². The van der Waals surface area contributed by atoms with Crippen molar-refractivity contribution in [3.05, 3.63) is 0 Å². The van der Waals surface area contributed by atoms with E-state index in [-0.39, 0.29) is 12.4 Å². The van der Waals surface area contributed by atoms with E-state index in [1.165, 1.54) is 11.8 Å². The molecule has 1 fully saturated rings. The summed E-state index contributed by atoms with van der Waals surface area (Å²) < 4.78 is 10.5. The molecular weight excluding hydrogens is 318 g/mol. The maximum Gasteiger partial charge on any atom is 0.321 e. The zero-order valence-electron chi connectivity index (χ0n) is 11.9. The van der Waals surface area contributed by atoms with E-state index in [2.05, 4.69) is 0 Å². The Labute approximate surface area is 132 Å². The number of aliphatic hydroxyl groups excluding tert-OH is 4. The van der Waals surface area contributed by atoms with Crippen LogP contribution in [0.3, 0.4) is 0 Å². The molecular formula is C12H23NO8S. The molecule has 0 saturated carbocycles. The number of carboxylic acids is 1. The first-order chi connectivity index (χ1) is 10.4. The van der Waals surface area contributed by atoms with Gasteiger partial charge in [-0.05, 0) is 12.2 Å². The SMILES string of the molecule is N[C@@H](CSCCCO[C@H]1O[C@H](CO)[C@@H](O)[C@H](O)[C@H]1O)C(=O)O. The number of carbonyl (C=O) groups is 1. The highest BCUT2D eigenvalue weighted by Crippen LogP contribution is 2.22. The number of thioether (sulfide) groups is 1. The smallest absolute Gasteiger partial charge is 0.321 e. The van der Waals surface area contributed by atoms with Crippen molar-refractivity contribution in [3.8, 4) is 0 Å². The number of ether oxygens (including phenoxy) is 2. The Bertz CT molecular complexity index is 345. The Kier molecular flexibility index (Phi) is 8.57. The molecule has 6 atom stereocenters. The number of aliphatic carboxylic acids is 1. The second-order valence-electron chi connectivity index (χ2n) is 4.94. The molecule has 22 heavy (non-hydrogen) atoms. The van der Waals surface area contributed by atoms with Crippen LogP contribution in [-0.2, 0) is 14.3 Å². The molecule has 1 saturated heterocycles. The Morgan fingerprint density at radius 1 is 1.27 bits per heavy atom. The third-order valence-electron chi connectivity index (χ3n) is 3.18. The third kappa shape index (κ3) is 5.63. The number of carboxylic acid groups (broad SMARTS) is 1. The van der Waals surface area contributed by atoms with Gasteiger partial charge in [0.1, 0.15) is 30.5 Å². The van der Waals surface area contributed by atoms with Gasteiger partial charge in [0.2, 0.25) is 0 Å². The molecule has 1 aliphatic heterocycles. The summed E-state index contributed by atoms with van der Waals surface area (Å²) in [4.78, 5) is 10.5. The van der Waals surface area contributed by atoms with Gasteiger partial charge in [-0.1, -0.05) is 0 Å². The lowest BCUT2D eigenvalue weighted by atomic mass is 9.99. The lowest BCUT2D eigenvalue weighted by molar-refractivity contribution is -0.300. The normalized spacial score (nSPS) is 33.6. The zero-order valence-corrected chi connectivity index (χ0v) is 12.8. The molecule has 130 valence electrons. The standard InChI is InChI=1S/C12H23NO8S/c13-6(11(18)19)5-22-3-1-2-20-12-10(17)9(16)8(15)7(4-14)21-12/h6-10,12,14-17H,1-5,13H2,(H,18,19)/t6-,7+,8+,9-,10+,12-/m0/s1. The topological polar surface area (TPSA) is 163 Å². The Morgan fingerprint density at radius 2 is 1.95 bits per heavy atom. The molecule has 9 nitrogen and oxygen atoms in total. The van der Waals surface area contributed by atoms with Gasteiger partial charge in [-0.2, -0.15) is 11.8 Å². The van der Waals surface area contributed by atoms with Crippen LogP contribution in [0.4, 0.5) is 0 Å². The van der Waals surface area contributed by atoms with E-state index in [0.29, 0.717) is 12.2 Å². The van der Waals surface area contributed by atoms with Crippen LogP contribution in [0.1, 0.15) is 6.42 Å². The Morgan fingerprint density at radius 3 is 2.55 bits per heavy atom. The summed E-state index contributed by atoms with van der Waals surface area (Å²) in [5.41, 5.74) is 5.35. The highest BCUT2D eigenvalue weighted by Gasteiger charge is 2.43. The molecule has 0 amide bonds. The van der Waals surface area contributed by atoms with Crippen molar-refractivity contribution in [1.82, 2.24) is 0 Å². The minimum Gasteiger partial charge on any atom is -0.480 e. The average molecular weight is 341 g/mol. The van der Waals surface area contributed by atoms with Crippen LogP contribution in [0, 0.1) is 0 Å². The number of nitrogens with two attached hydrogens (primary N) is 1. The molecule has 0 aromatic rings. The van der Waals surface area contributed by atoms with Gasteiger partial charge in [0, 0.05) is 5.75 Å². The maximum atomic E-state index is 10.5. The van der Waals surface area contributed by atoms with Crippen LogP contribution in [0.5, 0.6) is 0 Å². The average Bonchev–Trinajstić information content (AvgIpc) is 2.49. The molecule has 1 aliphatic rings.